The summed E-state index contributed by atoms with van der Waals surface area (Å²) in [7, 11) is -4.12. The minimum absolute atomic E-state index is 0.000607. The van der Waals surface area contributed by atoms with E-state index < -0.39 is 27.7 Å². The van der Waals surface area contributed by atoms with E-state index in [2.05, 4.69) is 10.3 Å². The van der Waals surface area contributed by atoms with E-state index in [-0.39, 0.29) is 53.4 Å². The van der Waals surface area contributed by atoms with Crippen LogP contribution in [0.1, 0.15) is 15.9 Å². The molecule has 0 bridgehead atoms. The maximum Gasteiger partial charge on any atom is 0.416 e. The molecule has 2 aromatic carbocycles. The minimum Gasteiger partial charge on any atom is -0.478 e. The van der Waals surface area contributed by atoms with Crippen molar-refractivity contribution >= 4 is 38.3 Å². The number of ether oxygens (including phenoxy) is 1. The van der Waals surface area contributed by atoms with Crippen LogP contribution in [-0.4, -0.2) is 55.1 Å². The maximum atomic E-state index is 13.4. The minimum atomic E-state index is -4.65. The third-order valence-electron chi connectivity index (χ3n) is 5.15. The summed E-state index contributed by atoms with van der Waals surface area (Å²) in [4.78, 5) is 14.9. The maximum absolute atomic E-state index is 13.4. The van der Waals surface area contributed by atoms with Crippen molar-refractivity contribution in [2.75, 3.05) is 31.6 Å². The molecule has 2 heterocycles. The third-order valence-corrected chi connectivity index (χ3v) is 7.06. The molecule has 0 saturated carbocycles. The number of carboxylic acids is 1. The highest BCUT2D eigenvalue weighted by Gasteiger charge is 2.33. The number of alkyl halides is 3. The number of carboxylic acid groups (broad SMARTS) is 1. The number of nitrogens with one attached hydrogen (secondary N) is 1. The molecule has 2 N–H and O–H groups in total. The van der Waals surface area contributed by atoms with Crippen LogP contribution in [0, 0.1) is 0 Å². The number of morpholine rings is 1. The number of anilines is 2. The fraction of sp³-hybridized carbons (Fsp3) is 0.238. The van der Waals surface area contributed by atoms with Crippen LogP contribution in [0.5, 0.6) is 0 Å². The first-order valence-electron chi connectivity index (χ1n) is 9.75. The van der Waals surface area contributed by atoms with Gasteiger partial charge in [0.15, 0.2) is 0 Å². The largest absolute Gasteiger partial charge is 0.478 e. The Balaban J connectivity index is 1.90. The second-order valence-corrected chi connectivity index (χ2v) is 9.16. The number of fused-ring (bicyclic) bond motifs is 1. The first kappa shape index (κ1) is 23.0. The molecule has 0 unspecified atom stereocenters. The van der Waals surface area contributed by atoms with Crippen LogP contribution in [0.15, 0.2) is 53.6 Å². The molecule has 1 saturated heterocycles. The van der Waals surface area contributed by atoms with Gasteiger partial charge in [-0.3, -0.25) is 4.98 Å². The number of benzene rings is 2. The van der Waals surface area contributed by atoms with Gasteiger partial charge in [-0.2, -0.15) is 17.5 Å². The standard InChI is InChI=1S/C21H18F3N3O5S/c22-21(23,24)14-3-6-17-16(11-14)19(26-15-4-1-13(2-5-15)20(28)29)18(12-25-17)33(30,31)27-7-9-32-10-8-27/h1-6,11-12H,7-10H2,(H,25,26)(H,28,29). The molecule has 3 aromatic rings. The number of rotatable bonds is 5. The lowest BCUT2D eigenvalue weighted by atomic mass is 10.1. The van der Waals surface area contributed by atoms with Crippen molar-refractivity contribution < 1.29 is 36.2 Å². The van der Waals surface area contributed by atoms with E-state index in [9.17, 15) is 26.4 Å². The number of halogens is 3. The number of carbonyl (C=O) groups is 1. The fourth-order valence-corrected chi connectivity index (χ4v) is 4.95. The van der Waals surface area contributed by atoms with Crippen LogP contribution in [0.2, 0.25) is 0 Å². The normalized spacial score (nSPS) is 15.5. The predicted molar refractivity (Wildman–Crippen MR) is 113 cm³/mol. The van der Waals surface area contributed by atoms with Crippen molar-refractivity contribution in [3.8, 4) is 0 Å². The van der Waals surface area contributed by atoms with Gasteiger partial charge in [0.2, 0.25) is 10.0 Å². The van der Waals surface area contributed by atoms with Crippen LogP contribution in [-0.2, 0) is 20.9 Å². The molecule has 33 heavy (non-hydrogen) atoms. The van der Waals surface area contributed by atoms with Crippen molar-refractivity contribution in [3.63, 3.8) is 0 Å². The Kier molecular flexibility index (Phi) is 5.99. The van der Waals surface area contributed by atoms with Crippen LogP contribution >= 0.6 is 0 Å². The monoisotopic (exact) mass is 481 g/mol. The number of hydrogen-bond donors (Lipinski definition) is 2. The van der Waals surface area contributed by atoms with E-state index in [1.54, 1.807) is 0 Å². The number of aromatic nitrogens is 1. The Labute approximate surface area is 186 Å². The summed E-state index contributed by atoms with van der Waals surface area (Å²) < 4.78 is 73.3. The molecule has 8 nitrogen and oxygen atoms in total. The molecule has 0 spiro atoms. The molecule has 0 atom stereocenters. The highest BCUT2D eigenvalue weighted by atomic mass is 32.2. The van der Waals surface area contributed by atoms with E-state index in [1.165, 1.54) is 34.6 Å². The lowest BCUT2D eigenvalue weighted by Gasteiger charge is -2.27. The van der Waals surface area contributed by atoms with E-state index >= 15 is 0 Å². The van der Waals surface area contributed by atoms with Crippen molar-refractivity contribution in [2.45, 2.75) is 11.1 Å². The zero-order valence-corrected chi connectivity index (χ0v) is 17.8. The molecule has 0 radical (unpaired) electrons. The van der Waals surface area contributed by atoms with Gasteiger partial charge in [0.25, 0.3) is 0 Å². The first-order chi connectivity index (χ1) is 15.6. The van der Waals surface area contributed by atoms with Crippen molar-refractivity contribution in [3.05, 3.63) is 59.8 Å². The van der Waals surface area contributed by atoms with Gasteiger partial charge in [0.1, 0.15) is 4.90 Å². The van der Waals surface area contributed by atoms with Gasteiger partial charge < -0.3 is 15.2 Å². The Morgan fingerprint density at radius 2 is 1.76 bits per heavy atom. The molecule has 1 aliphatic heterocycles. The summed E-state index contributed by atoms with van der Waals surface area (Å²) in [5.41, 5.74) is -0.583. The summed E-state index contributed by atoms with van der Waals surface area (Å²) in [5, 5.41) is 11.9. The molecular formula is C21H18F3N3O5S. The Morgan fingerprint density at radius 1 is 1.09 bits per heavy atom. The summed E-state index contributed by atoms with van der Waals surface area (Å²) in [5.74, 6) is -1.15. The number of hydrogen-bond acceptors (Lipinski definition) is 6. The molecule has 4 rings (SSSR count). The lowest BCUT2D eigenvalue weighted by Crippen LogP contribution is -2.40. The van der Waals surface area contributed by atoms with E-state index in [4.69, 9.17) is 9.84 Å². The SMILES string of the molecule is O=C(O)c1ccc(Nc2c(S(=O)(=O)N3CCOCC3)cnc3ccc(C(F)(F)F)cc23)cc1. The number of sulfonamides is 1. The average Bonchev–Trinajstić information content (AvgIpc) is 2.79. The van der Waals surface area contributed by atoms with Crippen LogP contribution in [0.3, 0.4) is 0 Å². The molecule has 1 aliphatic rings. The molecule has 0 aliphatic carbocycles. The van der Waals surface area contributed by atoms with Gasteiger partial charge in [0.05, 0.1) is 35.5 Å². The highest BCUT2D eigenvalue weighted by Crippen LogP contribution is 2.37. The van der Waals surface area contributed by atoms with Gasteiger partial charge in [-0.15, -0.1) is 0 Å². The van der Waals surface area contributed by atoms with Crippen molar-refractivity contribution in [1.29, 1.82) is 0 Å². The number of aromatic carboxylic acids is 1. The summed E-state index contributed by atoms with van der Waals surface area (Å²) >= 11 is 0. The lowest BCUT2D eigenvalue weighted by molar-refractivity contribution is -0.137. The summed E-state index contributed by atoms with van der Waals surface area (Å²) in [6, 6.07) is 8.27. The molecular weight excluding hydrogens is 463 g/mol. The fourth-order valence-electron chi connectivity index (χ4n) is 3.44. The van der Waals surface area contributed by atoms with Crippen molar-refractivity contribution in [2.24, 2.45) is 0 Å². The smallest absolute Gasteiger partial charge is 0.416 e. The van der Waals surface area contributed by atoms with Gasteiger partial charge in [-0.1, -0.05) is 0 Å². The topological polar surface area (TPSA) is 109 Å². The van der Waals surface area contributed by atoms with Gasteiger partial charge >= 0.3 is 12.1 Å². The molecule has 1 aromatic heterocycles. The van der Waals surface area contributed by atoms with Crippen molar-refractivity contribution in [1.82, 2.24) is 9.29 Å². The van der Waals surface area contributed by atoms with E-state index in [1.807, 2.05) is 0 Å². The third kappa shape index (κ3) is 4.63. The quantitative estimate of drug-likeness (QED) is 0.572. The highest BCUT2D eigenvalue weighted by molar-refractivity contribution is 7.89. The van der Waals surface area contributed by atoms with Gasteiger partial charge in [-0.05, 0) is 42.5 Å². The van der Waals surface area contributed by atoms with Crippen LogP contribution in [0.4, 0.5) is 24.5 Å². The predicted octanol–water partition coefficient (Wildman–Crippen LogP) is 3.72. The molecule has 174 valence electrons. The Bertz CT molecular complexity index is 1310. The second-order valence-electron chi connectivity index (χ2n) is 7.25. The molecule has 0 amide bonds. The zero-order chi connectivity index (χ0) is 23.8. The van der Waals surface area contributed by atoms with Gasteiger partial charge in [-0.25, -0.2) is 13.2 Å². The molecule has 12 heteroatoms. The van der Waals surface area contributed by atoms with Gasteiger partial charge in [0, 0.05) is 30.4 Å². The van der Waals surface area contributed by atoms with E-state index in [0.717, 1.165) is 18.3 Å². The number of pyridine rings is 1. The Morgan fingerprint density at radius 3 is 2.36 bits per heavy atom. The van der Waals surface area contributed by atoms with Crippen LogP contribution < -0.4 is 5.32 Å². The first-order valence-corrected chi connectivity index (χ1v) is 11.2. The molecule has 1 fully saturated rings. The summed E-state index contributed by atoms with van der Waals surface area (Å²) in [6.07, 6.45) is -3.54. The van der Waals surface area contributed by atoms with Crippen LogP contribution in [0.25, 0.3) is 10.9 Å². The average molecular weight is 481 g/mol. The Hall–Kier alpha value is -3.22. The summed E-state index contributed by atoms with van der Waals surface area (Å²) in [6.45, 7) is 0.571. The number of nitrogens with zero attached hydrogens (tertiary/aromatic N) is 2. The second kappa shape index (κ2) is 8.61. The zero-order valence-electron chi connectivity index (χ0n) is 17.0. The van der Waals surface area contributed by atoms with E-state index in [0.29, 0.717) is 5.69 Å².